The van der Waals surface area contributed by atoms with E-state index in [1.54, 1.807) is 22.8 Å². The predicted octanol–water partition coefficient (Wildman–Crippen LogP) is 2.92. The van der Waals surface area contributed by atoms with Crippen molar-refractivity contribution in [2.75, 3.05) is 39.4 Å². The molecule has 1 saturated heterocycles. The highest BCUT2D eigenvalue weighted by molar-refractivity contribution is 5.94. The maximum atomic E-state index is 12.9. The Bertz CT molecular complexity index is 639. The average Bonchev–Trinajstić information content (AvgIpc) is 2.67. The molecule has 2 amide bonds. The van der Waals surface area contributed by atoms with E-state index in [9.17, 15) is 9.59 Å². The molecule has 0 unspecified atom stereocenters. The summed E-state index contributed by atoms with van der Waals surface area (Å²) in [6, 6.07) is 5.45. The molecule has 0 bridgehead atoms. The lowest BCUT2D eigenvalue weighted by molar-refractivity contribution is 0.0567. The van der Waals surface area contributed by atoms with Gasteiger partial charge in [0, 0.05) is 37.3 Å². The summed E-state index contributed by atoms with van der Waals surface area (Å²) in [5.74, 6) is 0.689. The van der Waals surface area contributed by atoms with Crippen LogP contribution in [-0.2, 0) is 16.1 Å². The van der Waals surface area contributed by atoms with Gasteiger partial charge in [-0.2, -0.15) is 0 Å². The molecule has 0 spiro atoms. The van der Waals surface area contributed by atoms with Gasteiger partial charge in [0.05, 0.1) is 25.9 Å². The third kappa shape index (κ3) is 5.85. The van der Waals surface area contributed by atoms with Crippen molar-refractivity contribution >= 4 is 12.0 Å². The first-order valence-corrected chi connectivity index (χ1v) is 9.54. The van der Waals surface area contributed by atoms with Crippen LogP contribution in [0.5, 0.6) is 5.75 Å². The Morgan fingerprint density at radius 2 is 1.70 bits per heavy atom. The maximum Gasteiger partial charge on any atom is 0.409 e. The van der Waals surface area contributed by atoms with Gasteiger partial charge in [0.2, 0.25) is 0 Å². The lowest BCUT2D eigenvalue weighted by Gasteiger charge is -2.34. The minimum absolute atomic E-state index is 0.0487. The topological polar surface area (TPSA) is 68.3 Å². The van der Waals surface area contributed by atoms with Gasteiger partial charge in [0.1, 0.15) is 5.75 Å². The van der Waals surface area contributed by atoms with Gasteiger partial charge in [-0.15, -0.1) is 0 Å². The zero-order valence-electron chi connectivity index (χ0n) is 16.7. The number of rotatable bonds is 7. The zero-order chi connectivity index (χ0) is 19.8. The van der Waals surface area contributed by atoms with E-state index in [2.05, 4.69) is 0 Å². The summed E-state index contributed by atoms with van der Waals surface area (Å²) in [6.45, 7) is 10.9. The number of hydrogen-bond acceptors (Lipinski definition) is 5. The molecule has 150 valence electrons. The molecule has 0 N–H and O–H groups in total. The molecule has 1 aromatic carbocycles. The summed E-state index contributed by atoms with van der Waals surface area (Å²) in [6.07, 6.45) is -0.228. The second kappa shape index (κ2) is 10.2. The number of benzene rings is 1. The second-order valence-electron chi connectivity index (χ2n) is 6.59. The van der Waals surface area contributed by atoms with Gasteiger partial charge in [-0.25, -0.2) is 4.79 Å². The molecule has 1 aliphatic rings. The minimum Gasteiger partial charge on any atom is -0.494 e. The van der Waals surface area contributed by atoms with Crippen molar-refractivity contribution in [2.24, 2.45) is 0 Å². The van der Waals surface area contributed by atoms with Crippen LogP contribution in [0.4, 0.5) is 4.79 Å². The first kappa shape index (κ1) is 21.0. The van der Waals surface area contributed by atoms with E-state index in [1.165, 1.54) is 0 Å². The van der Waals surface area contributed by atoms with Gasteiger partial charge in [-0.05, 0) is 45.9 Å². The van der Waals surface area contributed by atoms with Crippen LogP contribution in [0.1, 0.15) is 43.6 Å². The molecule has 1 aromatic rings. The number of ether oxygens (including phenoxy) is 3. The molecule has 1 aliphatic heterocycles. The van der Waals surface area contributed by atoms with Gasteiger partial charge in [0.25, 0.3) is 5.91 Å². The van der Waals surface area contributed by atoms with Crippen molar-refractivity contribution in [3.8, 4) is 5.75 Å². The molecular formula is C20H30N2O5. The van der Waals surface area contributed by atoms with Crippen LogP contribution in [0.3, 0.4) is 0 Å². The molecule has 0 aromatic heterocycles. The number of hydrogen-bond donors (Lipinski definition) is 0. The summed E-state index contributed by atoms with van der Waals surface area (Å²) < 4.78 is 16.4. The first-order chi connectivity index (χ1) is 13.0. The first-order valence-electron chi connectivity index (χ1n) is 9.54. The van der Waals surface area contributed by atoms with Crippen LogP contribution in [0.15, 0.2) is 18.2 Å². The SMILES string of the molecule is CCOC(=O)N1CCN(C(=O)c2ccc(OCC)c(COC(C)C)c2)CC1. The van der Waals surface area contributed by atoms with E-state index >= 15 is 0 Å². The number of piperazine rings is 1. The Balaban J connectivity index is 2.05. The molecule has 0 atom stereocenters. The van der Waals surface area contributed by atoms with Crippen molar-refractivity contribution in [1.82, 2.24) is 9.80 Å². The third-order valence-electron chi connectivity index (χ3n) is 4.27. The van der Waals surface area contributed by atoms with E-state index in [0.29, 0.717) is 51.6 Å². The van der Waals surface area contributed by atoms with Gasteiger partial charge in [-0.1, -0.05) is 0 Å². The Hall–Kier alpha value is -2.28. The number of nitrogens with zero attached hydrogens (tertiary/aromatic N) is 2. The fourth-order valence-corrected chi connectivity index (χ4v) is 2.87. The summed E-state index contributed by atoms with van der Waals surface area (Å²) in [7, 11) is 0. The van der Waals surface area contributed by atoms with Gasteiger partial charge in [-0.3, -0.25) is 4.79 Å². The van der Waals surface area contributed by atoms with Crippen LogP contribution in [0.25, 0.3) is 0 Å². The fourth-order valence-electron chi connectivity index (χ4n) is 2.87. The average molecular weight is 378 g/mol. The molecule has 0 saturated carbocycles. The summed E-state index contributed by atoms with van der Waals surface area (Å²) in [4.78, 5) is 28.1. The van der Waals surface area contributed by atoms with E-state index in [1.807, 2.05) is 32.9 Å². The quantitative estimate of drug-likeness (QED) is 0.730. The number of amides is 2. The van der Waals surface area contributed by atoms with Crippen LogP contribution < -0.4 is 4.74 Å². The van der Waals surface area contributed by atoms with Crippen molar-refractivity contribution in [3.63, 3.8) is 0 Å². The highest BCUT2D eigenvalue weighted by atomic mass is 16.6. The van der Waals surface area contributed by atoms with Crippen LogP contribution in [0.2, 0.25) is 0 Å². The summed E-state index contributed by atoms with van der Waals surface area (Å²) in [5.41, 5.74) is 1.46. The Morgan fingerprint density at radius 1 is 1.04 bits per heavy atom. The maximum absolute atomic E-state index is 12.9. The molecule has 7 heteroatoms. The van der Waals surface area contributed by atoms with Crippen molar-refractivity contribution in [1.29, 1.82) is 0 Å². The summed E-state index contributed by atoms with van der Waals surface area (Å²) in [5, 5.41) is 0. The highest BCUT2D eigenvalue weighted by Gasteiger charge is 2.26. The molecule has 27 heavy (non-hydrogen) atoms. The Kier molecular flexibility index (Phi) is 7.91. The van der Waals surface area contributed by atoms with Crippen LogP contribution in [-0.4, -0.2) is 67.3 Å². The van der Waals surface area contributed by atoms with Crippen molar-refractivity contribution < 1.29 is 23.8 Å². The molecule has 1 heterocycles. The highest BCUT2D eigenvalue weighted by Crippen LogP contribution is 2.23. The van der Waals surface area contributed by atoms with Crippen molar-refractivity contribution in [2.45, 2.75) is 40.4 Å². The third-order valence-corrected chi connectivity index (χ3v) is 4.27. The Labute approximate surface area is 161 Å². The smallest absolute Gasteiger partial charge is 0.409 e. The molecule has 7 nitrogen and oxygen atoms in total. The van der Waals surface area contributed by atoms with Gasteiger partial charge in [0.15, 0.2) is 0 Å². The van der Waals surface area contributed by atoms with E-state index in [-0.39, 0.29) is 18.1 Å². The monoisotopic (exact) mass is 378 g/mol. The van der Waals surface area contributed by atoms with Crippen LogP contribution >= 0.6 is 0 Å². The predicted molar refractivity (Wildman–Crippen MR) is 102 cm³/mol. The van der Waals surface area contributed by atoms with E-state index < -0.39 is 0 Å². The normalized spacial score (nSPS) is 14.4. The van der Waals surface area contributed by atoms with Gasteiger partial charge >= 0.3 is 6.09 Å². The molecular weight excluding hydrogens is 348 g/mol. The fraction of sp³-hybridized carbons (Fsp3) is 0.600. The second-order valence-corrected chi connectivity index (χ2v) is 6.59. The molecule has 0 aliphatic carbocycles. The minimum atomic E-state index is -0.321. The standard InChI is InChI=1S/C20H30N2O5/c1-5-25-18-8-7-16(13-17(18)14-27-15(3)4)19(23)21-9-11-22(12-10-21)20(24)26-6-2/h7-8,13,15H,5-6,9-12,14H2,1-4H3. The zero-order valence-corrected chi connectivity index (χ0v) is 16.7. The summed E-state index contributed by atoms with van der Waals surface area (Å²) >= 11 is 0. The molecule has 0 radical (unpaired) electrons. The Morgan fingerprint density at radius 3 is 2.30 bits per heavy atom. The molecule has 2 rings (SSSR count). The largest absolute Gasteiger partial charge is 0.494 e. The lowest BCUT2D eigenvalue weighted by atomic mass is 10.1. The molecule has 1 fully saturated rings. The number of carbonyl (C=O) groups excluding carboxylic acids is 2. The van der Waals surface area contributed by atoms with Crippen LogP contribution in [0, 0.1) is 0 Å². The van der Waals surface area contributed by atoms with E-state index in [4.69, 9.17) is 14.2 Å². The van der Waals surface area contributed by atoms with Crippen molar-refractivity contribution in [3.05, 3.63) is 29.3 Å². The van der Waals surface area contributed by atoms with Gasteiger partial charge < -0.3 is 24.0 Å². The number of carbonyl (C=O) groups is 2. The van der Waals surface area contributed by atoms with E-state index in [0.717, 1.165) is 11.3 Å². The lowest BCUT2D eigenvalue weighted by Crippen LogP contribution is -2.50.